The maximum Gasteiger partial charge on any atom is 0.408 e. The molecule has 0 aliphatic carbocycles. The van der Waals surface area contributed by atoms with Crippen LogP contribution in [0.25, 0.3) is 0 Å². The molecular weight excluding hydrogens is 448 g/mol. The van der Waals surface area contributed by atoms with E-state index in [9.17, 15) is 19.2 Å². The van der Waals surface area contributed by atoms with Crippen LogP contribution in [0.15, 0.2) is 30.3 Å². The summed E-state index contributed by atoms with van der Waals surface area (Å²) in [5, 5.41) is 2.67. The second kappa shape index (κ2) is 12.2. The number of Topliss-reactive ketones (excluding diaryl/α,β-unsaturated/α-hetero) is 1. The number of ether oxygens (including phenoxy) is 2. The molecule has 1 aromatic carbocycles. The third-order valence-corrected chi connectivity index (χ3v) is 5.73. The van der Waals surface area contributed by atoms with Crippen LogP contribution in [-0.2, 0) is 30.5 Å². The Morgan fingerprint density at radius 1 is 0.943 bits per heavy atom. The average Bonchev–Trinajstić information content (AvgIpc) is 3.29. The molecule has 1 aromatic rings. The van der Waals surface area contributed by atoms with Gasteiger partial charge < -0.3 is 19.7 Å². The van der Waals surface area contributed by atoms with Crippen molar-refractivity contribution in [3.05, 3.63) is 35.9 Å². The molecule has 0 aromatic heterocycles. The van der Waals surface area contributed by atoms with Gasteiger partial charge in [0, 0.05) is 25.9 Å². The van der Waals surface area contributed by atoms with Crippen LogP contribution in [0.3, 0.4) is 0 Å². The molecule has 0 unspecified atom stereocenters. The first-order valence-corrected chi connectivity index (χ1v) is 12.3. The molecule has 2 amide bonds. The largest absolute Gasteiger partial charge is 0.461 e. The first-order valence-electron chi connectivity index (χ1n) is 12.3. The molecule has 0 radical (unpaired) electrons. The van der Waals surface area contributed by atoms with Gasteiger partial charge in [-0.3, -0.25) is 14.4 Å². The fraction of sp³-hybridized carbons (Fsp3) is 0.630. The second-order valence-electron chi connectivity index (χ2n) is 11.2. The first-order chi connectivity index (χ1) is 16.3. The van der Waals surface area contributed by atoms with Crippen molar-refractivity contribution in [3.63, 3.8) is 0 Å². The number of carbonyl (C=O) groups is 4. The summed E-state index contributed by atoms with van der Waals surface area (Å²) in [7, 11) is 0. The predicted octanol–water partition coefficient (Wildman–Crippen LogP) is 4.26. The summed E-state index contributed by atoms with van der Waals surface area (Å²) in [5.41, 5.74) is -0.539. The fourth-order valence-corrected chi connectivity index (χ4v) is 3.96. The number of likely N-dealkylation sites (tertiary alicyclic amines) is 1. The van der Waals surface area contributed by atoms with Crippen molar-refractivity contribution < 1.29 is 28.7 Å². The van der Waals surface area contributed by atoms with E-state index in [0.29, 0.717) is 13.1 Å². The molecule has 8 nitrogen and oxygen atoms in total. The quantitative estimate of drug-likeness (QED) is 0.521. The van der Waals surface area contributed by atoms with Crippen LogP contribution >= 0.6 is 0 Å². The standard InChI is InChI=1S/C27H40N2O6/c1-26(2,3)23(28-25(33)35-27(4,5)6)21(30)16-20(17-22(31)29-14-10-11-15-29)24(32)34-18-19-12-8-7-9-13-19/h7-9,12-13,20,23H,10-11,14-18H2,1-6H3,(H,28,33)/t20-,23+/m0/s1. The van der Waals surface area contributed by atoms with Gasteiger partial charge in [0.05, 0.1) is 12.0 Å². The van der Waals surface area contributed by atoms with E-state index >= 15 is 0 Å². The van der Waals surface area contributed by atoms with Crippen LogP contribution < -0.4 is 5.32 Å². The molecule has 1 aliphatic heterocycles. The van der Waals surface area contributed by atoms with Crippen molar-refractivity contribution in [2.45, 2.75) is 85.5 Å². The highest BCUT2D eigenvalue weighted by Gasteiger charge is 2.37. The van der Waals surface area contributed by atoms with Gasteiger partial charge in [-0.05, 0) is 44.6 Å². The highest BCUT2D eigenvalue weighted by molar-refractivity contribution is 5.93. The Bertz CT molecular complexity index is 879. The molecular formula is C27H40N2O6. The Labute approximate surface area is 208 Å². The summed E-state index contributed by atoms with van der Waals surface area (Å²) in [4.78, 5) is 53.4. The molecule has 2 atom stereocenters. The first kappa shape index (κ1) is 28.3. The number of carbonyl (C=O) groups excluding carboxylic acids is 4. The van der Waals surface area contributed by atoms with Crippen LogP contribution in [0.5, 0.6) is 0 Å². The van der Waals surface area contributed by atoms with Gasteiger partial charge in [0.2, 0.25) is 5.91 Å². The molecule has 2 rings (SSSR count). The van der Waals surface area contributed by atoms with E-state index in [1.54, 1.807) is 25.7 Å². The number of amides is 2. The van der Waals surface area contributed by atoms with Crippen LogP contribution in [-0.4, -0.2) is 53.4 Å². The Hall–Kier alpha value is -2.90. The summed E-state index contributed by atoms with van der Waals surface area (Å²) >= 11 is 0. The number of nitrogens with one attached hydrogen (secondary N) is 1. The zero-order valence-corrected chi connectivity index (χ0v) is 21.9. The van der Waals surface area contributed by atoms with Crippen molar-refractivity contribution in [1.82, 2.24) is 10.2 Å². The highest BCUT2D eigenvalue weighted by atomic mass is 16.6. The molecule has 0 saturated carbocycles. The maximum absolute atomic E-state index is 13.4. The van der Waals surface area contributed by atoms with E-state index in [2.05, 4.69) is 5.32 Å². The highest BCUT2D eigenvalue weighted by Crippen LogP contribution is 2.25. The molecule has 8 heteroatoms. The minimum Gasteiger partial charge on any atom is -0.461 e. The van der Waals surface area contributed by atoms with Crippen molar-refractivity contribution in [2.75, 3.05) is 13.1 Å². The summed E-state index contributed by atoms with van der Waals surface area (Å²) in [6, 6.07) is 8.33. The van der Waals surface area contributed by atoms with Crippen molar-refractivity contribution in [2.24, 2.45) is 11.3 Å². The molecule has 1 heterocycles. The maximum atomic E-state index is 13.4. The number of nitrogens with zero attached hydrogens (tertiary/aromatic N) is 1. The Morgan fingerprint density at radius 2 is 1.54 bits per heavy atom. The third kappa shape index (κ3) is 9.70. The number of hydrogen-bond acceptors (Lipinski definition) is 6. The van der Waals surface area contributed by atoms with Crippen LogP contribution in [0.2, 0.25) is 0 Å². The molecule has 0 spiro atoms. The van der Waals surface area contributed by atoms with Crippen molar-refractivity contribution in [3.8, 4) is 0 Å². The topological polar surface area (TPSA) is 102 Å². The van der Waals surface area contributed by atoms with E-state index in [-0.39, 0.29) is 31.1 Å². The van der Waals surface area contributed by atoms with Gasteiger partial charge in [-0.15, -0.1) is 0 Å². The molecule has 0 bridgehead atoms. The second-order valence-corrected chi connectivity index (χ2v) is 11.2. The third-order valence-electron chi connectivity index (χ3n) is 5.73. The summed E-state index contributed by atoms with van der Waals surface area (Å²) in [6.07, 6.45) is 0.828. The number of esters is 1. The average molecular weight is 489 g/mol. The molecule has 1 N–H and O–H groups in total. The summed E-state index contributed by atoms with van der Waals surface area (Å²) in [5.74, 6) is -2.05. The van der Waals surface area contributed by atoms with Crippen LogP contribution in [0.4, 0.5) is 4.79 Å². The number of ketones is 1. The lowest BCUT2D eigenvalue weighted by atomic mass is 9.81. The van der Waals surface area contributed by atoms with Gasteiger partial charge in [-0.2, -0.15) is 0 Å². The van der Waals surface area contributed by atoms with Gasteiger partial charge in [0.15, 0.2) is 5.78 Å². The monoisotopic (exact) mass is 488 g/mol. The van der Waals surface area contributed by atoms with E-state index in [1.165, 1.54) is 0 Å². The lowest BCUT2D eigenvalue weighted by Gasteiger charge is -2.32. The van der Waals surface area contributed by atoms with E-state index < -0.39 is 35.0 Å². The van der Waals surface area contributed by atoms with Gasteiger partial charge >= 0.3 is 12.1 Å². The SMILES string of the molecule is CC(C)(C)OC(=O)N[C@H](C(=O)C[C@@H](CC(=O)N1CCCC1)C(=O)OCc1ccccc1)C(C)(C)C. The molecule has 1 aliphatic rings. The smallest absolute Gasteiger partial charge is 0.408 e. The summed E-state index contributed by atoms with van der Waals surface area (Å²) in [6.45, 7) is 12.1. The van der Waals surface area contributed by atoms with Crippen LogP contribution in [0, 0.1) is 11.3 Å². The van der Waals surface area contributed by atoms with E-state index in [0.717, 1.165) is 18.4 Å². The van der Waals surface area contributed by atoms with Gasteiger partial charge in [-0.25, -0.2) is 4.79 Å². The zero-order chi connectivity index (χ0) is 26.2. The van der Waals surface area contributed by atoms with E-state index in [1.807, 2.05) is 51.1 Å². The Morgan fingerprint density at radius 3 is 2.09 bits per heavy atom. The number of benzene rings is 1. The predicted molar refractivity (Wildman–Crippen MR) is 132 cm³/mol. The minimum atomic E-state index is -0.940. The number of alkyl carbamates (subject to hydrolysis) is 1. The fourth-order valence-electron chi connectivity index (χ4n) is 3.96. The Balaban J connectivity index is 2.15. The van der Waals surface area contributed by atoms with Crippen LogP contribution in [0.1, 0.15) is 72.8 Å². The van der Waals surface area contributed by atoms with E-state index in [4.69, 9.17) is 9.47 Å². The number of rotatable bonds is 9. The van der Waals surface area contributed by atoms with Crippen molar-refractivity contribution in [1.29, 1.82) is 0 Å². The Kier molecular flexibility index (Phi) is 9.86. The lowest BCUT2D eigenvalue weighted by Crippen LogP contribution is -2.51. The lowest BCUT2D eigenvalue weighted by molar-refractivity contribution is -0.154. The van der Waals surface area contributed by atoms with Gasteiger partial charge in [-0.1, -0.05) is 51.1 Å². The van der Waals surface area contributed by atoms with Gasteiger partial charge in [0.25, 0.3) is 0 Å². The van der Waals surface area contributed by atoms with Gasteiger partial charge in [0.1, 0.15) is 12.2 Å². The number of hydrogen-bond donors (Lipinski definition) is 1. The van der Waals surface area contributed by atoms with Crippen molar-refractivity contribution >= 4 is 23.8 Å². The summed E-state index contributed by atoms with van der Waals surface area (Å²) < 4.78 is 10.8. The minimum absolute atomic E-state index is 0.0567. The normalized spacial score (nSPS) is 15.8. The molecule has 1 saturated heterocycles. The molecule has 194 valence electrons. The zero-order valence-electron chi connectivity index (χ0n) is 21.9. The molecule has 35 heavy (non-hydrogen) atoms. The molecule has 1 fully saturated rings.